The average molecular weight is 207 g/mol. The second-order valence-electron chi connectivity index (χ2n) is 4.67. The van der Waals surface area contributed by atoms with Gasteiger partial charge in [-0.2, -0.15) is 4.98 Å². The van der Waals surface area contributed by atoms with Crippen molar-refractivity contribution in [1.29, 1.82) is 0 Å². The van der Waals surface area contributed by atoms with Crippen LogP contribution in [-0.2, 0) is 6.42 Å². The van der Waals surface area contributed by atoms with Crippen molar-refractivity contribution >= 4 is 0 Å². The van der Waals surface area contributed by atoms with Crippen molar-refractivity contribution in [2.24, 2.45) is 0 Å². The van der Waals surface area contributed by atoms with E-state index >= 15 is 0 Å². The van der Waals surface area contributed by atoms with E-state index in [1.807, 2.05) is 0 Å². The molecule has 1 aromatic heterocycles. The Labute approximate surface area is 89.4 Å². The lowest BCUT2D eigenvalue weighted by Crippen LogP contribution is -2.23. The summed E-state index contributed by atoms with van der Waals surface area (Å²) in [6.45, 7) is 1.13. The molecule has 1 atom stereocenters. The first-order chi connectivity index (χ1) is 7.42. The van der Waals surface area contributed by atoms with Crippen LogP contribution < -0.4 is 5.32 Å². The number of rotatable bonds is 3. The predicted octanol–water partition coefficient (Wildman–Crippen LogP) is 1.63. The first-order valence-corrected chi connectivity index (χ1v) is 5.97. The number of aromatic nitrogens is 2. The predicted molar refractivity (Wildman–Crippen MR) is 55.6 cm³/mol. The van der Waals surface area contributed by atoms with Crippen LogP contribution in [0.5, 0.6) is 0 Å². The van der Waals surface area contributed by atoms with Crippen LogP contribution in [0.25, 0.3) is 0 Å². The van der Waals surface area contributed by atoms with Gasteiger partial charge in [-0.15, -0.1) is 0 Å². The van der Waals surface area contributed by atoms with Crippen molar-refractivity contribution in [2.75, 3.05) is 6.54 Å². The fraction of sp³-hybridized carbons (Fsp3) is 0.818. The van der Waals surface area contributed by atoms with Crippen molar-refractivity contribution in [1.82, 2.24) is 15.5 Å². The van der Waals surface area contributed by atoms with Gasteiger partial charge in [-0.05, 0) is 32.2 Å². The Morgan fingerprint density at radius 2 is 2.20 bits per heavy atom. The van der Waals surface area contributed by atoms with Gasteiger partial charge in [0.1, 0.15) is 0 Å². The van der Waals surface area contributed by atoms with E-state index in [-0.39, 0.29) is 0 Å². The lowest BCUT2D eigenvalue weighted by molar-refractivity contribution is 0.340. The van der Waals surface area contributed by atoms with Gasteiger partial charge in [0.05, 0.1) is 0 Å². The molecule has 2 fully saturated rings. The van der Waals surface area contributed by atoms with E-state index in [0.717, 1.165) is 24.7 Å². The fourth-order valence-electron chi connectivity index (χ4n) is 2.32. The summed E-state index contributed by atoms with van der Waals surface area (Å²) in [5.74, 6) is 2.34. The molecule has 4 heteroatoms. The summed E-state index contributed by atoms with van der Waals surface area (Å²) in [5, 5.41) is 7.51. The zero-order valence-electron chi connectivity index (χ0n) is 8.91. The van der Waals surface area contributed by atoms with E-state index in [9.17, 15) is 0 Å². The molecule has 4 nitrogen and oxygen atoms in total. The Morgan fingerprint density at radius 3 is 2.87 bits per heavy atom. The maximum atomic E-state index is 5.28. The fourth-order valence-corrected chi connectivity index (χ4v) is 2.32. The Kier molecular flexibility index (Phi) is 2.44. The highest BCUT2D eigenvalue weighted by Gasteiger charge is 2.25. The molecule has 2 aliphatic rings. The molecular formula is C11H17N3O. The minimum absolute atomic E-state index is 0.555. The van der Waals surface area contributed by atoms with Crippen LogP contribution in [0.2, 0.25) is 0 Å². The zero-order chi connectivity index (χ0) is 10.1. The Hall–Kier alpha value is -0.900. The van der Waals surface area contributed by atoms with Crippen LogP contribution in [0.15, 0.2) is 4.52 Å². The number of nitrogens with zero attached hydrogens (tertiary/aromatic N) is 2. The normalized spacial score (nSPS) is 26.8. The average Bonchev–Trinajstić information content (AvgIpc) is 2.75. The molecular weight excluding hydrogens is 190 g/mol. The molecule has 0 amide bonds. The molecule has 1 saturated heterocycles. The second-order valence-corrected chi connectivity index (χ2v) is 4.67. The Bertz CT molecular complexity index is 326. The van der Waals surface area contributed by atoms with Crippen LogP contribution in [-0.4, -0.2) is 22.7 Å². The molecule has 0 spiro atoms. The summed E-state index contributed by atoms with van der Waals surface area (Å²) >= 11 is 0. The van der Waals surface area contributed by atoms with E-state index in [0.29, 0.717) is 12.0 Å². The van der Waals surface area contributed by atoms with Crippen LogP contribution in [0.4, 0.5) is 0 Å². The van der Waals surface area contributed by atoms with Crippen molar-refractivity contribution < 1.29 is 4.52 Å². The van der Waals surface area contributed by atoms with Gasteiger partial charge in [0.25, 0.3) is 0 Å². The van der Waals surface area contributed by atoms with Crippen LogP contribution >= 0.6 is 0 Å². The molecule has 82 valence electrons. The molecule has 1 aromatic rings. The summed E-state index contributed by atoms with van der Waals surface area (Å²) in [4.78, 5) is 4.48. The lowest BCUT2D eigenvalue weighted by Gasteiger charge is -2.20. The van der Waals surface area contributed by atoms with Crippen LogP contribution in [0, 0.1) is 0 Å². The molecule has 3 rings (SSSR count). The van der Waals surface area contributed by atoms with Crippen LogP contribution in [0.1, 0.15) is 49.7 Å². The third-order valence-electron chi connectivity index (χ3n) is 3.54. The lowest BCUT2D eigenvalue weighted by atomic mass is 9.85. The number of nitrogens with one attached hydrogen (secondary N) is 1. The zero-order valence-corrected chi connectivity index (χ0v) is 8.91. The molecule has 1 aliphatic heterocycles. The maximum Gasteiger partial charge on any atom is 0.228 e. The second kappa shape index (κ2) is 3.93. The quantitative estimate of drug-likeness (QED) is 0.818. The largest absolute Gasteiger partial charge is 0.339 e. The van der Waals surface area contributed by atoms with Gasteiger partial charge in [0.15, 0.2) is 5.82 Å². The minimum Gasteiger partial charge on any atom is -0.339 e. The standard InChI is InChI=1S/C11H17N3O/c1-3-8(4-1)11-13-10(15-14-11)7-9-5-2-6-12-9/h8-9,12H,1-7H2. The molecule has 1 N–H and O–H groups in total. The van der Waals surface area contributed by atoms with Crippen molar-refractivity contribution in [2.45, 2.75) is 50.5 Å². The third kappa shape index (κ3) is 1.91. The first kappa shape index (κ1) is 9.33. The van der Waals surface area contributed by atoms with Gasteiger partial charge in [0.2, 0.25) is 5.89 Å². The van der Waals surface area contributed by atoms with Gasteiger partial charge < -0.3 is 9.84 Å². The van der Waals surface area contributed by atoms with Crippen molar-refractivity contribution in [3.63, 3.8) is 0 Å². The number of hydrogen-bond donors (Lipinski definition) is 1. The topological polar surface area (TPSA) is 51.0 Å². The molecule has 0 aromatic carbocycles. The Morgan fingerprint density at radius 1 is 1.27 bits per heavy atom. The van der Waals surface area contributed by atoms with Gasteiger partial charge in [0, 0.05) is 18.4 Å². The molecule has 0 bridgehead atoms. The van der Waals surface area contributed by atoms with Crippen molar-refractivity contribution in [3.8, 4) is 0 Å². The molecule has 1 aliphatic carbocycles. The summed E-state index contributed by atoms with van der Waals surface area (Å²) < 4.78 is 5.28. The van der Waals surface area contributed by atoms with Gasteiger partial charge in [-0.1, -0.05) is 11.6 Å². The first-order valence-electron chi connectivity index (χ1n) is 5.97. The van der Waals surface area contributed by atoms with E-state index in [1.165, 1.54) is 32.1 Å². The van der Waals surface area contributed by atoms with E-state index in [2.05, 4.69) is 15.5 Å². The molecule has 1 saturated carbocycles. The summed E-state index contributed by atoms with van der Waals surface area (Å²) in [5.41, 5.74) is 0. The van der Waals surface area contributed by atoms with Crippen molar-refractivity contribution in [3.05, 3.63) is 11.7 Å². The van der Waals surface area contributed by atoms with Gasteiger partial charge in [-0.3, -0.25) is 0 Å². The van der Waals surface area contributed by atoms with Crippen LogP contribution in [0.3, 0.4) is 0 Å². The van der Waals surface area contributed by atoms with E-state index < -0.39 is 0 Å². The highest BCUT2D eigenvalue weighted by molar-refractivity contribution is 5.00. The summed E-state index contributed by atoms with van der Waals surface area (Å²) in [7, 11) is 0. The number of hydrogen-bond acceptors (Lipinski definition) is 4. The molecule has 0 radical (unpaired) electrons. The summed E-state index contributed by atoms with van der Waals surface area (Å²) in [6, 6.07) is 0.555. The van der Waals surface area contributed by atoms with Gasteiger partial charge >= 0.3 is 0 Å². The highest BCUT2D eigenvalue weighted by Crippen LogP contribution is 2.34. The molecule has 15 heavy (non-hydrogen) atoms. The summed E-state index contributed by atoms with van der Waals surface area (Å²) in [6.07, 6.45) is 7.20. The highest BCUT2D eigenvalue weighted by atomic mass is 16.5. The molecule has 2 heterocycles. The molecule has 1 unspecified atom stereocenters. The Balaban J connectivity index is 1.62. The maximum absolute atomic E-state index is 5.28. The minimum atomic E-state index is 0.555. The SMILES string of the molecule is C1CNC(Cc2nc(C3CCC3)no2)C1. The van der Waals surface area contributed by atoms with E-state index in [1.54, 1.807) is 0 Å². The monoisotopic (exact) mass is 207 g/mol. The smallest absolute Gasteiger partial charge is 0.228 e. The van der Waals surface area contributed by atoms with Gasteiger partial charge in [-0.25, -0.2) is 0 Å². The van der Waals surface area contributed by atoms with E-state index in [4.69, 9.17) is 4.52 Å². The third-order valence-corrected chi connectivity index (χ3v) is 3.54.